The number of nitrogens with one attached hydrogen (secondary N) is 2. The van der Waals surface area contributed by atoms with Gasteiger partial charge in [0.2, 0.25) is 0 Å². The number of anilines is 3. The summed E-state index contributed by atoms with van der Waals surface area (Å²) in [6.45, 7) is 0. The molecule has 26 heavy (non-hydrogen) atoms. The van der Waals surface area contributed by atoms with Crippen LogP contribution in [0.25, 0.3) is 0 Å². The van der Waals surface area contributed by atoms with Gasteiger partial charge in [0.15, 0.2) is 11.5 Å². The predicted molar refractivity (Wildman–Crippen MR) is 101 cm³/mol. The lowest BCUT2D eigenvalue weighted by Gasteiger charge is -2.11. The molecule has 0 bridgehead atoms. The first-order valence-corrected chi connectivity index (χ1v) is 8.01. The second-order valence-electron chi connectivity index (χ2n) is 5.45. The van der Waals surface area contributed by atoms with Crippen LogP contribution in [0.1, 0.15) is 10.5 Å². The second-order valence-corrected chi connectivity index (χ2v) is 5.45. The number of rotatable bonds is 6. The molecular formula is C20H19N3O3. The van der Waals surface area contributed by atoms with E-state index in [9.17, 15) is 4.79 Å². The zero-order chi connectivity index (χ0) is 18.4. The Morgan fingerprint density at radius 3 is 2.23 bits per heavy atom. The van der Waals surface area contributed by atoms with Crippen molar-refractivity contribution in [3.05, 3.63) is 72.6 Å². The zero-order valence-corrected chi connectivity index (χ0v) is 14.5. The van der Waals surface area contributed by atoms with Crippen molar-refractivity contribution in [3.8, 4) is 11.5 Å². The predicted octanol–water partition coefficient (Wildman–Crippen LogP) is 4.09. The Labute approximate surface area is 151 Å². The number of pyridine rings is 1. The van der Waals surface area contributed by atoms with Crippen molar-refractivity contribution in [2.24, 2.45) is 0 Å². The highest BCUT2D eigenvalue weighted by atomic mass is 16.5. The molecule has 0 unspecified atom stereocenters. The fourth-order valence-corrected chi connectivity index (χ4v) is 2.40. The van der Waals surface area contributed by atoms with E-state index < -0.39 is 0 Å². The summed E-state index contributed by atoms with van der Waals surface area (Å²) < 4.78 is 10.5. The maximum Gasteiger partial charge on any atom is 0.274 e. The molecule has 0 fully saturated rings. The maximum absolute atomic E-state index is 12.2. The number of nitrogens with zero attached hydrogens (tertiary/aromatic N) is 1. The summed E-state index contributed by atoms with van der Waals surface area (Å²) in [7, 11) is 3.18. The van der Waals surface area contributed by atoms with Gasteiger partial charge < -0.3 is 20.1 Å². The van der Waals surface area contributed by atoms with Gasteiger partial charge in [-0.05, 0) is 36.4 Å². The fourth-order valence-electron chi connectivity index (χ4n) is 2.40. The first-order valence-electron chi connectivity index (χ1n) is 8.01. The molecule has 0 saturated heterocycles. The van der Waals surface area contributed by atoms with Gasteiger partial charge in [0.25, 0.3) is 5.91 Å². The van der Waals surface area contributed by atoms with Crippen molar-refractivity contribution < 1.29 is 14.3 Å². The molecule has 3 rings (SSSR count). The SMILES string of the molecule is COc1ccc(Nc2ccc(C(=O)Nc3ccccc3)nc2)cc1OC. The van der Waals surface area contributed by atoms with Gasteiger partial charge in [0.05, 0.1) is 26.1 Å². The van der Waals surface area contributed by atoms with E-state index in [1.807, 2.05) is 48.5 Å². The van der Waals surface area contributed by atoms with Gasteiger partial charge in [-0.1, -0.05) is 18.2 Å². The third-order valence-corrected chi connectivity index (χ3v) is 3.70. The Morgan fingerprint density at radius 1 is 0.846 bits per heavy atom. The van der Waals surface area contributed by atoms with Crippen molar-refractivity contribution in [3.63, 3.8) is 0 Å². The molecule has 0 atom stereocenters. The Hall–Kier alpha value is -3.54. The van der Waals surface area contributed by atoms with Crippen LogP contribution in [-0.4, -0.2) is 25.1 Å². The number of amides is 1. The molecule has 0 aliphatic carbocycles. The van der Waals surface area contributed by atoms with Crippen LogP contribution >= 0.6 is 0 Å². The van der Waals surface area contributed by atoms with Crippen molar-refractivity contribution >= 4 is 23.0 Å². The molecule has 2 aromatic carbocycles. The van der Waals surface area contributed by atoms with Crippen LogP contribution in [-0.2, 0) is 0 Å². The van der Waals surface area contributed by atoms with Crippen LogP contribution in [0.15, 0.2) is 66.9 Å². The largest absolute Gasteiger partial charge is 0.493 e. The number of hydrogen-bond donors (Lipinski definition) is 2. The standard InChI is InChI=1S/C20H19N3O3/c1-25-18-11-9-15(12-19(18)26-2)22-16-8-10-17(21-13-16)20(24)23-14-6-4-3-5-7-14/h3-13,22H,1-2H3,(H,23,24). The molecule has 0 radical (unpaired) electrons. The number of carbonyl (C=O) groups is 1. The Balaban J connectivity index is 1.69. The zero-order valence-electron chi connectivity index (χ0n) is 14.5. The van der Waals surface area contributed by atoms with Crippen LogP contribution < -0.4 is 20.1 Å². The summed E-state index contributed by atoms with van der Waals surface area (Å²) in [6, 6.07) is 18.2. The van der Waals surface area contributed by atoms with E-state index in [0.717, 1.165) is 17.1 Å². The van der Waals surface area contributed by atoms with Crippen LogP contribution in [0.3, 0.4) is 0 Å². The average Bonchev–Trinajstić information content (AvgIpc) is 2.69. The fraction of sp³-hybridized carbons (Fsp3) is 0.100. The summed E-state index contributed by atoms with van der Waals surface area (Å²) >= 11 is 0. The van der Waals surface area contributed by atoms with E-state index in [1.54, 1.807) is 32.5 Å². The highest BCUT2D eigenvalue weighted by Crippen LogP contribution is 2.31. The topological polar surface area (TPSA) is 72.5 Å². The van der Waals surface area contributed by atoms with Crippen LogP contribution in [0.4, 0.5) is 17.1 Å². The van der Waals surface area contributed by atoms with Gasteiger partial charge in [-0.25, -0.2) is 4.98 Å². The lowest BCUT2D eigenvalue weighted by atomic mass is 10.2. The van der Waals surface area contributed by atoms with E-state index in [-0.39, 0.29) is 5.91 Å². The highest BCUT2D eigenvalue weighted by molar-refractivity contribution is 6.02. The molecular weight excluding hydrogens is 330 g/mol. The summed E-state index contributed by atoms with van der Waals surface area (Å²) in [4.78, 5) is 16.4. The molecule has 0 aliphatic rings. The van der Waals surface area contributed by atoms with Crippen LogP contribution in [0, 0.1) is 0 Å². The Morgan fingerprint density at radius 2 is 1.58 bits per heavy atom. The van der Waals surface area contributed by atoms with E-state index in [4.69, 9.17) is 9.47 Å². The third-order valence-electron chi connectivity index (χ3n) is 3.70. The second kappa shape index (κ2) is 8.02. The number of para-hydroxylation sites is 1. The number of ether oxygens (including phenoxy) is 2. The van der Waals surface area contributed by atoms with Gasteiger partial charge in [-0.2, -0.15) is 0 Å². The van der Waals surface area contributed by atoms with Crippen LogP contribution in [0.2, 0.25) is 0 Å². The van der Waals surface area contributed by atoms with E-state index in [0.29, 0.717) is 17.2 Å². The van der Waals surface area contributed by atoms with Gasteiger partial charge in [-0.3, -0.25) is 4.79 Å². The number of aromatic nitrogens is 1. The smallest absolute Gasteiger partial charge is 0.274 e. The number of methoxy groups -OCH3 is 2. The number of carbonyl (C=O) groups excluding carboxylic acids is 1. The average molecular weight is 349 g/mol. The molecule has 6 heteroatoms. The number of benzene rings is 2. The van der Waals surface area contributed by atoms with Gasteiger partial charge in [0, 0.05) is 17.4 Å². The Bertz CT molecular complexity index is 881. The molecule has 3 aromatic rings. The van der Waals surface area contributed by atoms with Crippen molar-refractivity contribution in [1.82, 2.24) is 4.98 Å². The summed E-state index contributed by atoms with van der Waals surface area (Å²) in [5.74, 6) is 1.03. The first kappa shape index (κ1) is 17.3. The molecule has 1 aromatic heterocycles. The third kappa shape index (κ3) is 4.10. The van der Waals surface area contributed by atoms with Crippen LogP contribution in [0.5, 0.6) is 11.5 Å². The molecule has 1 amide bonds. The summed E-state index contributed by atoms with van der Waals surface area (Å²) in [5.41, 5.74) is 2.65. The van der Waals surface area contributed by atoms with E-state index >= 15 is 0 Å². The molecule has 0 spiro atoms. The quantitative estimate of drug-likeness (QED) is 0.701. The lowest BCUT2D eigenvalue weighted by molar-refractivity contribution is 0.102. The van der Waals surface area contributed by atoms with E-state index in [1.165, 1.54) is 0 Å². The maximum atomic E-state index is 12.2. The summed E-state index contributed by atoms with van der Waals surface area (Å²) in [5, 5.41) is 6.02. The normalized spacial score (nSPS) is 10.1. The summed E-state index contributed by atoms with van der Waals surface area (Å²) in [6.07, 6.45) is 1.61. The minimum Gasteiger partial charge on any atom is -0.493 e. The molecule has 0 saturated carbocycles. The molecule has 1 heterocycles. The van der Waals surface area contributed by atoms with Gasteiger partial charge in [0.1, 0.15) is 5.69 Å². The lowest BCUT2D eigenvalue weighted by Crippen LogP contribution is -2.13. The monoisotopic (exact) mass is 349 g/mol. The molecule has 0 aliphatic heterocycles. The minimum absolute atomic E-state index is 0.256. The Kier molecular flexibility index (Phi) is 5.34. The van der Waals surface area contributed by atoms with Crippen molar-refractivity contribution in [1.29, 1.82) is 0 Å². The van der Waals surface area contributed by atoms with E-state index in [2.05, 4.69) is 15.6 Å². The molecule has 132 valence electrons. The van der Waals surface area contributed by atoms with Crippen molar-refractivity contribution in [2.75, 3.05) is 24.9 Å². The number of hydrogen-bond acceptors (Lipinski definition) is 5. The molecule has 2 N–H and O–H groups in total. The van der Waals surface area contributed by atoms with Gasteiger partial charge >= 0.3 is 0 Å². The van der Waals surface area contributed by atoms with Crippen molar-refractivity contribution in [2.45, 2.75) is 0 Å². The molecule has 6 nitrogen and oxygen atoms in total. The highest BCUT2D eigenvalue weighted by Gasteiger charge is 2.08. The first-order chi connectivity index (χ1) is 12.7. The van der Waals surface area contributed by atoms with Gasteiger partial charge in [-0.15, -0.1) is 0 Å². The minimum atomic E-state index is -0.256.